The third kappa shape index (κ3) is 6.67. The molecule has 0 unspecified atom stereocenters. The molecule has 1 amide bonds. The van der Waals surface area contributed by atoms with Crippen LogP contribution in [0.2, 0.25) is 5.02 Å². The molecule has 0 radical (unpaired) electrons. The maximum atomic E-state index is 11.8. The van der Waals surface area contributed by atoms with Crippen molar-refractivity contribution in [2.45, 2.75) is 19.8 Å². The molecule has 6 heteroatoms. The third-order valence-electron chi connectivity index (χ3n) is 4.19. The molecular weight excluding hydrogens is 326 g/mol. The first-order valence-electron chi connectivity index (χ1n) is 8.77. The van der Waals surface area contributed by atoms with Crippen LogP contribution in [0.15, 0.2) is 24.3 Å². The average Bonchev–Trinajstić information content (AvgIpc) is 2.58. The molecular formula is C18H28ClN3O2. The summed E-state index contributed by atoms with van der Waals surface area (Å²) in [6, 6.07) is 7.54. The molecule has 2 rings (SSSR count). The zero-order chi connectivity index (χ0) is 17.2. The summed E-state index contributed by atoms with van der Waals surface area (Å²) < 4.78 is 5.73. The van der Waals surface area contributed by atoms with Crippen molar-refractivity contribution in [2.75, 3.05) is 52.4 Å². The number of ether oxygens (including phenoxy) is 1. The van der Waals surface area contributed by atoms with Gasteiger partial charge in [-0.05, 0) is 18.6 Å². The number of rotatable bonds is 9. The Balaban J connectivity index is 1.59. The minimum atomic E-state index is 0.138. The van der Waals surface area contributed by atoms with Crippen molar-refractivity contribution in [3.63, 3.8) is 0 Å². The van der Waals surface area contributed by atoms with Gasteiger partial charge in [0.2, 0.25) is 5.91 Å². The lowest BCUT2D eigenvalue weighted by molar-refractivity contribution is -0.122. The van der Waals surface area contributed by atoms with Gasteiger partial charge in [-0.3, -0.25) is 14.6 Å². The lowest BCUT2D eigenvalue weighted by Gasteiger charge is -2.34. The third-order valence-corrected chi connectivity index (χ3v) is 4.50. The molecule has 0 aromatic heterocycles. The Morgan fingerprint density at radius 1 is 1.21 bits per heavy atom. The fourth-order valence-electron chi connectivity index (χ4n) is 2.68. The van der Waals surface area contributed by atoms with Crippen LogP contribution in [0.5, 0.6) is 5.75 Å². The SMILES string of the molecule is CCCCNC(=O)CN1CCN(CCOc2ccccc2Cl)CC1. The Morgan fingerprint density at radius 3 is 2.62 bits per heavy atom. The van der Waals surface area contributed by atoms with E-state index >= 15 is 0 Å². The minimum Gasteiger partial charge on any atom is -0.491 e. The van der Waals surface area contributed by atoms with Crippen molar-refractivity contribution < 1.29 is 9.53 Å². The molecule has 1 saturated heterocycles. The summed E-state index contributed by atoms with van der Waals surface area (Å²) in [4.78, 5) is 16.4. The molecule has 1 aromatic carbocycles. The predicted molar refractivity (Wildman–Crippen MR) is 97.7 cm³/mol. The molecule has 1 N–H and O–H groups in total. The van der Waals surface area contributed by atoms with Crippen molar-refractivity contribution in [3.05, 3.63) is 29.3 Å². The van der Waals surface area contributed by atoms with E-state index in [-0.39, 0.29) is 5.91 Å². The van der Waals surface area contributed by atoms with E-state index in [0.29, 0.717) is 18.2 Å². The monoisotopic (exact) mass is 353 g/mol. The van der Waals surface area contributed by atoms with Gasteiger partial charge in [0.1, 0.15) is 12.4 Å². The maximum Gasteiger partial charge on any atom is 0.234 e. The van der Waals surface area contributed by atoms with Gasteiger partial charge in [0.05, 0.1) is 11.6 Å². The molecule has 24 heavy (non-hydrogen) atoms. The molecule has 1 aliphatic heterocycles. The average molecular weight is 354 g/mol. The van der Waals surface area contributed by atoms with E-state index in [0.717, 1.165) is 57.9 Å². The first-order valence-corrected chi connectivity index (χ1v) is 9.15. The highest BCUT2D eigenvalue weighted by atomic mass is 35.5. The van der Waals surface area contributed by atoms with Crippen molar-refractivity contribution in [1.82, 2.24) is 15.1 Å². The van der Waals surface area contributed by atoms with Crippen LogP contribution in [-0.2, 0) is 4.79 Å². The van der Waals surface area contributed by atoms with E-state index in [2.05, 4.69) is 22.0 Å². The van der Waals surface area contributed by atoms with Crippen molar-refractivity contribution in [2.24, 2.45) is 0 Å². The molecule has 0 spiro atoms. The zero-order valence-corrected chi connectivity index (χ0v) is 15.2. The lowest BCUT2D eigenvalue weighted by atomic mass is 10.3. The number of piperazine rings is 1. The number of nitrogens with zero attached hydrogens (tertiary/aromatic N) is 2. The van der Waals surface area contributed by atoms with Crippen LogP contribution < -0.4 is 10.1 Å². The van der Waals surface area contributed by atoms with Crippen LogP contribution in [0, 0.1) is 0 Å². The van der Waals surface area contributed by atoms with Gasteiger partial charge in [-0.25, -0.2) is 0 Å². The first kappa shape index (κ1) is 19.0. The molecule has 1 fully saturated rings. The first-order chi connectivity index (χ1) is 11.7. The predicted octanol–water partition coefficient (Wildman–Crippen LogP) is 2.25. The second-order valence-electron chi connectivity index (χ2n) is 6.10. The summed E-state index contributed by atoms with van der Waals surface area (Å²) in [6.07, 6.45) is 2.15. The van der Waals surface area contributed by atoms with E-state index in [1.165, 1.54) is 0 Å². The Bertz CT molecular complexity index is 505. The molecule has 0 saturated carbocycles. The normalized spacial score (nSPS) is 16.1. The number of unbranched alkanes of at least 4 members (excludes halogenated alkanes) is 1. The smallest absolute Gasteiger partial charge is 0.234 e. The maximum absolute atomic E-state index is 11.8. The topological polar surface area (TPSA) is 44.8 Å². The van der Waals surface area contributed by atoms with E-state index in [1.54, 1.807) is 0 Å². The van der Waals surface area contributed by atoms with Gasteiger partial charge < -0.3 is 10.1 Å². The van der Waals surface area contributed by atoms with Crippen LogP contribution in [0.1, 0.15) is 19.8 Å². The molecule has 0 aliphatic carbocycles. The number of amides is 1. The lowest BCUT2D eigenvalue weighted by Crippen LogP contribution is -2.50. The Hall–Kier alpha value is -1.30. The van der Waals surface area contributed by atoms with Gasteiger partial charge in [-0.1, -0.05) is 37.1 Å². The number of halogens is 1. The summed E-state index contributed by atoms with van der Waals surface area (Å²) in [5.74, 6) is 0.875. The summed E-state index contributed by atoms with van der Waals surface area (Å²) in [6.45, 7) is 8.70. The summed E-state index contributed by atoms with van der Waals surface area (Å²) in [7, 11) is 0. The zero-order valence-electron chi connectivity index (χ0n) is 14.5. The van der Waals surface area contributed by atoms with Crippen molar-refractivity contribution >= 4 is 17.5 Å². The highest BCUT2D eigenvalue weighted by Crippen LogP contribution is 2.22. The molecule has 0 bridgehead atoms. The molecule has 0 atom stereocenters. The van der Waals surface area contributed by atoms with Gasteiger partial charge in [-0.15, -0.1) is 0 Å². The van der Waals surface area contributed by atoms with Gasteiger partial charge >= 0.3 is 0 Å². The number of carbonyl (C=O) groups is 1. The number of carbonyl (C=O) groups excluding carboxylic acids is 1. The van der Waals surface area contributed by atoms with Crippen molar-refractivity contribution in [3.8, 4) is 5.75 Å². The quantitative estimate of drug-likeness (QED) is 0.692. The minimum absolute atomic E-state index is 0.138. The molecule has 1 heterocycles. The van der Waals surface area contributed by atoms with Crippen LogP contribution in [0.3, 0.4) is 0 Å². The van der Waals surface area contributed by atoms with E-state index < -0.39 is 0 Å². The van der Waals surface area contributed by atoms with E-state index in [4.69, 9.17) is 16.3 Å². The van der Waals surface area contributed by atoms with Crippen molar-refractivity contribution in [1.29, 1.82) is 0 Å². The second kappa shape index (κ2) is 10.5. The largest absolute Gasteiger partial charge is 0.491 e. The van der Waals surface area contributed by atoms with Crippen LogP contribution in [-0.4, -0.2) is 68.1 Å². The number of para-hydroxylation sites is 1. The summed E-state index contributed by atoms with van der Waals surface area (Å²) in [5.41, 5.74) is 0. The number of nitrogens with one attached hydrogen (secondary N) is 1. The second-order valence-corrected chi connectivity index (χ2v) is 6.51. The highest BCUT2D eigenvalue weighted by Gasteiger charge is 2.18. The van der Waals surface area contributed by atoms with Gasteiger partial charge in [0.15, 0.2) is 0 Å². The highest BCUT2D eigenvalue weighted by molar-refractivity contribution is 6.32. The fraction of sp³-hybridized carbons (Fsp3) is 0.611. The molecule has 1 aromatic rings. The van der Waals surface area contributed by atoms with Crippen LogP contribution in [0.4, 0.5) is 0 Å². The van der Waals surface area contributed by atoms with Gasteiger partial charge in [0, 0.05) is 39.3 Å². The Kier molecular flexibility index (Phi) is 8.36. The van der Waals surface area contributed by atoms with E-state index in [9.17, 15) is 4.79 Å². The van der Waals surface area contributed by atoms with E-state index in [1.807, 2.05) is 24.3 Å². The van der Waals surface area contributed by atoms with Crippen LogP contribution in [0.25, 0.3) is 0 Å². The van der Waals surface area contributed by atoms with Gasteiger partial charge in [0.25, 0.3) is 0 Å². The summed E-state index contributed by atoms with van der Waals surface area (Å²) >= 11 is 6.08. The Labute approximate surface area is 149 Å². The number of hydrogen-bond acceptors (Lipinski definition) is 4. The number of benzene rings is 1. The number of hydrogen-bond donors (Lipinski definition) is 1. The van der Waals surface area contributed by atoms with Gasteiger partial charge in [-0.2, -0.15) is 0 Å². The molecule has 5 nitrogen and oxygen atoms in total. The van der Waals surface area contributed by atoms with Crippen LogP contribution >= 0.6 is 11.6 Å². The molecule has 1 aliphatic rings. The summed E-state index contributed by atoms with van der Waals surface area (Å²) in [5, 5.41) is 3.62. The molecule has 134 valence electrons. The Morgan fingerprint density at radius 2 is 1.92 bits per heavy atom. The standard InChI is InChI=1S/C18H28ClN3O2/c1-2-3-8-20-18(23)15-22-11-9-21(10-12-22)13-14-24-17-7-5-4-6-16(17)19/h4-7H,2-3,8-15H2,1H3,(H,20,23). The fourth-order valence-corrected chi connectivity index (χ4v) is 2.87.